The Morgan fingerprint density at radius 3 is 2.62 bits per heavy atom. The van der Waals surface area contributed by atoms with Crippen LogP contribution in [0.1, 0.15) is 0 Å². The number of aliphatic carboxylic acids is 1. The molecule has 1 fully saturated rings. The Balaban J connectivity index is 1.78. The van der Waals surface area contributed by atoms with E-state index in [-0.39, 0.29) is 5.91 Å². The maximum absolute atomic E-state index is 12.4. The van der Waals surface area contributed by atoms with Crippen molar-refractivity contribution in [2.75, 3.05) is 12.4 Å². The molecule has 0 unspecified atom stereocenters. The first-order chi connectivity index (χ1) is 10.1. The smallest absolute Gasteiger partial charge is 0.310 e. The molecule has 2 aliphatic heterocycles. The van der Waals surface area contributed by atoms with Crippen molar-refractivity contribution in [3.05, 3.63) is 36.4 Å². The van der Waals surface area contributed by atoms with Gasteiger partial charge in [-0.1, -0.05) is 18.2 Å². The van der Waals surface area contributed by atoms with Crippen molar-refractivity contribution in [3.8, 4) is 5.75 Å². The Morgan fingerprint density at radius 1 is 1.24 bits per heavy atom. The highest BCUT2D eigenvalue weighted by Gasteiger charge is 2.53. The summed E-state index contributed by atoms with van der Waals surface area (Å²) < 4.78 is 10.6. The van der Waals surface area contributed by atoms with Gasteiger partial charge in [0.05, 0.1) is 25.2 Å². The summed E-state index contributed by atoms with van der Waals surface area (Å²) in [4.78, 5) is 23.7. The van der Waals surface area contributed by atoms with Crippen molar-refractivity contribution < 1.29 is 24.2 Å². The highest BCUT2D eigenvalue weighted by Crippen LogP contribution is 2.39. The number of nitrogens with one attached hydrogen (secondary N) is 1. The Morgan fingerprint density at radius 2 is 1.95 bits per heavy atom. The van der Waals surface area contributed by atoms with Crippen molar-refractivity contribution in [1.29, 1.82) is 0 Å². The molecule has 0 radical (unpaired) electrons. The van der Waals surface area contributed by atoms with E-state index in [1.54, 1.807) is 36.4 Å². The number of rotatable bonds is 4. The van der Waals surface area contributed by atoms with Gasteiger partial charge in [0.2, 0.25) is 5.91 Å². The fraction of sp³-hybridized carbons (Fsp3) is 0.333. The molecule has 2 heterocycles. The second kappa shape index (κ2) is 5.21. The predicted molar refractivity (Wildman–Crippen MR) is 74.0 cm³/mol. The molecule has 6 heteroatoms. The Bertz CT molecular complexity index is 612. The van der Waals surface area contributed by atoms with Crippen LogP contribution in [0.15, 0.2) is 36.4 Å². The van der Waals surface area contributed by atoms with Gasteiger partial charge in [0.25, 0.3) is 0 Å². The van der Waals surface area contributed by atoms with Crippen molar-refractivity contribution in [2.45, 2.75) is 12.2 Å². The molecular weight excluding hydrogens is 274 g/mol. The molecule has 4 atom stereocenters. The van der Waals surface area contributed by atoms with E-state index in [0.29, 0.717) is 11.4 Å². The second-order valence-electron chi connectivity index (χ2n) is 5.06. The Labute approximate surface area is 121 Å². The summed E-state index contributed by atoms with van der Waals surface area (Å²) in [7, 11) is 1.54. The van der Waals surface area contributed by atoms with Gasteiger partial charge >= 0.3 is 5.97 Å². The summed E-state index contributed by atoms with van der Waals surface area (Å²) in [6, 6.07) is 6.91. The minimum absolute atomic E-state index is 0.354. The topological polar surface area (TPSA) is 84.9 Å². The van der Waals surface area contributed by atoms with Crippen molar-refractivity contribution in [2.24, 2.45) is 11.8 Å². The van der Waals surface area contributed by atoms with Crippen LogP contribution in [-0.2, 0) is 14.3 Å². The lowest BCUT2D eigenvalue weighted by atomic mass is 9.82. The summed E-state index contributed by atoms with van der Waals surface area (Å²) in [5, 5.41) is 12.0. The van der Waals surface area contributed by atoms with Crippen LogP contribution in [0.3, 0.4) is 0 Å². The van der Waals surface area contributed by atoms with Crippen LogP contribution in [0.25, 0.3) is 0 Å². The largest absolute Gasteiger partial charge is 0.497 e. The van der Waals surface area contributed by atoms with Crippen molar-refractivity contribution in [1.82, 2.24) is 0 Å². The molecule has 2 aliphatic rings. The molecular formula is C15H15NO5. The molecule has 1 amide bonds. The van der Waals surface area contributed by atoms with E-state index >= 15 is 0 Å². The molecule has 21 heavy (non-hydrogen) atoms. The molecule has 3 rings (SSSR count). The number of ether oxygens (including phenoxy) is 2. The quantitative estimate of drug-likeness (QED) is 0.816. The standard InChI is InChI=1S/C15H15NO5/c1-20-9-4-2-3-8(7-9)16-14(17)12-10-5-6-11(21-10)13(12)15(18)19/h2-7,10-13H,1H3,(H,16,17)(H,18,19)/t10-,11-,12-,13-/m0/s1. The summed E-state index contributed by atoms with van der Waals surface area (Å²) in [6.45, 7) is 0. The summed E-state index contributed by atoms with van der Waals surface area (Å²) >= 11 is 0. The Kier molecular flexibility index (Phi) is 3.39. The number of hydrogen-bond acceptors (Lipinski definition) is 4. The number of fused-ring (bicyclic) bond motifs is 2. The van der Waals surface area contributed by atoms with E-state index in [0.717, 1.165) is 0 Å². The minimum atomic E-state index is -1.02. The van der Waals surface area contributed by atoms with Crippen LogP contribution >= 0.6 is 0 Å². The van der Waals surface area contributed by atoms with E-state index in [2.05, 4.69) is 5.32 Å². The summed E-state index contributed by atoms with van der Waals surface area (Å²) in [6.07, 6.45) is 2.47. The number of anilines is 1. The molecule has 2 bridgehead atoms. The van der Waals surface area contributed by atoms with Gasteiger partial charge in [-0.3, -0.25) is 9.59 Å². The lowest BCUT2D eigenvalue weighted by Gasteiger charge is -2.21. The van der Waals surface area contributed by atoms with Gasteiger partial charge < -0.3 is 19.9 Å². The van der Waals surface area contributed by atoms with Gasteiger partial charge in [-0.25, -0.2) is 0 Å². The fourth-order valence-corrected chi connectivity index (χ4v) is 2.84. The van der Waals surface area contributed by atoms with Gasteiger partial charge in [0.1, 0.15) is 11.7 Å². The van der Waals surface area contributed by atoms with E-state index in [4.69, 9.17) is 9.47 Å². The molecule has 1 aromatic rings. The van der Waals surface area contributed by atoms with Crippen LogP contribution in [0, 0.1) is 11.8 Å². The fourth-order valence-electron chi connectivity index (χ4n) is 2.84. The molecule has 1 saturated heterocycles. The van der Waals surface area contributed by atoms with E-state index in [1.807, 2.05) is 0 Å². The van der Waals surface area contributed by atoms with Crippen LogP contribution in [0.2, 0.25) is 0 Å². The number of amides is 1. The first-order valence-corrected chi connectivity index (χ1v) is 6.61. The van der Waals surface area contributed by atoms with Crippen molar-refractivity contribution in [3.63, 3.8) is 0 Å². The number of methoxy groups -OCH3 is 1. The number of carbonyl (C=O) groups is 2. The van der Waals surface area contributed by atoms with E-state index in [9.17, 15) is 14.7 Å². The van der Waals surface area contributed by atoms with Gasteiger partial charge in [-0.05, 0) is 12.1 Å². The summed E-state index contributed by atoms with van der Waals surface area (Å²) in [5.74, 6) is -2.31. The molecule has 110 valence electrons. The van der Waals surface area contributed by atoms with Gasteiger partial charge in [-0.15, -0.1) is 0 Å². The zero-order valence-electron chi connectivity index (χ0n) is 11.4. The van der Waals surface area contributed by atoms with Gasteiger partial charge in [0, 0.05) is 11.8 Å². The zero-order chi connectivity index (χ0) is 15.0. The SMILES string of the molecule is COc1cccc(NC(=O)[C@@H]2[C@@H](C(=O)O)[C@@H]3C=C[C@@H]2O3)c1. The minimum Gasteiger partial charge on any atom is -0.497 e. The maximum Gasteiger partial charge on any atom is 0.310 e. The Hall–Kier alpha value is -2.34. The van der Waals surface area contributed by atoms with Gasteiger partial charge in [-0.2, -0.15) is 0 Å². The molecule has 0 aliphatic carbocycles. The number of benzene rings is 1. The van der Waals surface area contributed by atoms with E-state index < -0.39 is 30.0 Å². The molecule has 0 aromatic heterocycles. The normalized spacial score (nSPS) is 29.4. The first kappa shape index (κ1) is 13.6. The first-order valence-electron chi connectivity index (χ1n) is 6.61. The molecule has 0 spiro atoms. The third kappa shape index (κ3) is 2.38. The third-order valence-corrected chi connectivity index (χ3v) is 3.82. The van der Waals surface area contributed by atoms with Crippen LogP contribution < -0.4 is 10.1 Å². The monoisotopic (exact) mass is 289 g/mol. The van der Waals surface area contributed by atoms with Crippen LogP contribution in [0.5, 0.6) is 5.75 Å². The molecule has 1 aromatic carbocycles. The highest BCUT2D eigenvalue weighted by molar-refractivity contribution is 5.96. The second-order valence-corrected chi connectivity index (χ2v) is 5.06. The summed E-state index contributed by atoms with van der Waals surface area (Å²) in [5.41, 5.74) is 0.565. The lowest BCUT2D eigenvalue weighted by molar-refractivity contribution is -0.145. The van der Waals surface area contributed by atoms with Crippen molar-refractivity contribution >= 4 is 17.6 Å². The van der Waals surface area contributed by atoms with Gasteiger partial charge in [0.15, 0.2) is 0 Å². The van der Waals surface area contributed by atoms with E-state index in [1.165, 1.54) is 7.11 Å². The average molecular weight is 289 g/mol. The zero-order valence-corrected chi connectivity index (χ0v) is 11.4. The number of carboxylic acids is 1. The molecule has 0 saturated carbocycles. The molecule has 2 N–H and O–H groups in total. The highest BCUT2D eigenvalue weighted by atomic mass is 16.5. The maximum atomic E-state index is 12.4. The predicted octanol–water partition coefficient (Wildman–Crippen LogP) is 1.29. The number of carboxylic acid groups (broad SMARTS) is 1. The molecule has 6 nitrogen and oxygen atoms in total. The lowest BCUT2D eigenvalue weighted by Crippen LogP contribution is -2.39. The number of hydrogen-bond donors (Lipinski definition) is 2. The van der Waals surface area contributed by atoms with Crippen LogP contribution in [0.4, 0.5) is 5.69 Å². The average Bonchev–Trinajstić information content (AvgIpc) is 3.07. The van der Waals surface area contributed by atoms with Crippen LogP contribution in [-0.4, -0.2) is 36.3 Å². The third-order valence-electron chi connectivity index (χ3n) is 3.82. The number of carbonyl (C=O) groups excluding carboxylic acids is 1.